The van der Waals surface area contributed by atoms with Crippen molar-refractivity contribution in [3.63, 3.8) is 0 Å². The van der Waals surface area contributed by atoms with Gasteiger partial charge in [0.25, 0.3) is 0 Å². The molecule has 0 spiro atoms. The molecule has 5 unspecified atom stereocenters. The lowest BCUT2D eigenvalue weighted by molar-refractivity contribution is 0.148. The number of nitrogens with zero attached hydrogens (tertiary/aromatic N) is 1. The van der Waals surface area contributed by atoms with E-state index in [0.717, 1.165) is 27.7 Å². The minimum absolute atomic E-state index is 0.382. The second-order valence-electron chi connectivity index (χ2n) is 6.25. The third-order valence-electron chi connectivity index (χ3n) is 4.77. The van der Waals surface area contributed by atoms with Gasteiger partial charge in [-0.1, -0.05) is 36.4 Å². The third-order valence-corrected chi connectivity index (χ3v) is 4.77. The molecule has 0 amide bonds. The molecule has 102 valence electrons. The summed E-state index contributed by atoms with van der Waals surface area (Å²) in [5.41, 5.74) is 0. The molecule has 2 aliphatic carbocycles. The third kappa shape index (κ3) is 3.19. The maximum Gasteiger partial charge on any atom is 0.0658 e. The Kier molecular flexibility index (Phi) is 5.32. The average molecular weight is 360 g/mol. The van der Waals surface area contributed by atoms with Crippen LogP contribution in [-0.4, -0.2) is 16.5 Å². The maximum absolute atomic E-state index is 9.15. The molecule has 1 saturated heterocycles. The lowest BCUT2D eigenvalue weighted by Gasteiger charge is -2.37. The van der Waals surface area contributed by atoms with E-state index in [4.69, 9.17) is 5.26 Å². The number of hydrogen-bond donors (Lipinski definition) is 1. The number of fused-ring (bicyclic) bond motifs is 3. The standard InChI is InChI=1S/C12H18N2.C3H7I/c13-7-9-2-1-8-3-4-11-10(12(8)9)5-6-14-11;1-3(2)4/h8-12,14H,1-6H2;3H,1-2H3. The van der Waals surface area contributed by atoms with Crippen molar-refractivity contribution in [1.82, 2.24) is 5.32 Å². The first-order chi connectivity index (χ1) is 8.63. The van der Waals surface area contributed by atoms with Crippen LogP contribution in [0.1, 0.15) is 46.0 Å². The Morgan fingerprint density at radius 3 is 2.50 bits per heavy atom. The summed E-state index contributed by atoms with van der Waals surface area (Å²) in [6.45, 7) is 5.50. The van der Waals surface area contributed by atoms with Crippen LogP contribution in [-0.2, 0) is 0 Å². The summed E-state index contributed by atoms with van der Waals surface area (Å²) in [6.07, 6.45) is 6.56. The molecule has 0 aromatic heterocycles. The quantitative estimate of drug-likeness (QED) is 0.528. The second kappa shape index (κ2) is 6.56. The number of nitriles is 1. The average Bonchev–Trinajstić information content (AvgIpc) is 2.93. The Bertz CT molecular complexity index is 307. The van der Waals surface area contributed by atoms with Crippen LogP contribution in [0.3, 0.4) is 0 Å². The normalized spacial score (nSPS) is 41.6. The van der Waals surface area contributed by atoms with Gasteiger partial charge < -0.3 is 5.32 Å². The topological polar surface area (TPSA) is 35.8 Å². The zero-order chi connectivity index (χ0) is 13.1. The minimum atomic E-state index is 0.382. The predicted molar refractivity (Wildman–Crippen MR) is 83.6 cm³/mol. The van der Waals surface area contributed by atoms with E-state index in [9.17, 15) is 0 Å². The molecule has 3 heteroatoms. The molecule has 0 radical (unpaired) electrons. The van der Waals surface area contributed by atoms with E-state index in [0.29, 0.717) is 5.92 Å². The van der Waals surface area contributed by atoms with Crippen molar-refractivity contribution in [2.24, 2.45) is 23.7 Å². The molecule has 0 aromatic rings. The summed E-state index contributed by atoms with van der Waals surface area (Å²) in [6, 6.07) is 3.30. The van der Waals surface area contributed by atoms with Gasteiger partial charge in [-0.2, -0.15) is 5.26 Å². The molecule has 3 aliphatic rings. The summed E-state index contributed by atoms with van der Waals surface area (Å²) in [5, 5.41) is 12.8. The lowest BCUT2D eigenvalue weighted by Crippen LogP contribution is -2.39. The molecule has 3 rings (SSSR count). The van der Waals surface area contributed by atoms with E-state index in [1.165, 1.54) is 38.6 Å². The summed E-state index contributed by atoms with van der Waals surface area (Å²) in [7, 11) is 0. The highest BCUT2D eigenvalue weighted by Gasteiger charge is 2.48. The van der Waals surface area contributed by atoms with E-state index < -0.39 is 0 Å². The Morgan fingerprint density at radius 2 is 1.83 bits per heavy atom. The molecule has 0 aromatic carbocycles. The minimum Gasteiger partial charge on any atom is -0.314 e. The lowest BCUT2D eigenvalue weighted by atomic mass is 9.69. The SMILES string of the molecule is CC(C)I.N#CC1CCC2CCC3NCCC3C12. The zero-order valence-electron chi connectivity index (χ0n) is 11.5. The highest BCUT2D eigenvalue weighted by molar-refractivity contribution is 14.1. The van der Waals surface area contributed by atoms with E-state index in [-0.39, 0.29) is 0 Å². The maximum atomic E-state index is 9.15. The van der Waals surface area contributed by atoms with Gasteiger partial charge in [-0.3, -0.25) is 0 Å². The Balaban J connectivity index is 0.000000267. The van der Waals surface area contributed by atoms with E-state index in [2.05, 4.69) is 47.8 Å². The number of alkyl halides is 1. The van der Waals surface area contributed by atoms with Crippen LogP contribution >= 0.6 is 22.6 Å². The molecular formula is C15H25IN2. The van der Waals surface area contributed by atoms with Gasteiger partial charge in [0.05, 0.1) is 6.07 Å². The van der Waals surface area contributed by atoms with Crippen LogP contribution in [0.2, 0.25) is 0 Å². The second-order valence-corrected chi connectivity index (χ2v) is 8.75. The molecule has 1 aliphatic heterocycles. The molecule has 0 bridgehead atoms. The van der Waals surface area contributed by atoms with Crippen molar-refractivity contribution >= 4 is 22.6 Å². The van der Waals surface area contributed by atoms with E-state index in [1.54, 1.807) is 0 Å². The van der Waals surface area contributed by atoms with Gasteiger partial charge in [0.15, 0.2) is 0 Å². The van der Waals surface area contributed by atoms with E-state index in [1.807, 2.05) is 0 Å². The largest absolute Gasteiger partial charge is 0.314 e. The molecule has 2 saturated carbocycles. The molecule has 5 atom stereocenters. The number of nitrogens with one attached hydrogen (secondary N) is 1. The van der Waals surface area contributed by atoms with Gasteiger partial charge in [0, 0.05) is 15.9 Å². The van der Waals surface area contributed by atoms with Crippen molar-refractivity contribution in [1.29, 1.82) is 5.26 Å². The summed E-state index contributed by atoms with van der Waals surface area (Å²) in [4.78, 5) is 0. The predicted octanol–water partition coefficient (Wildman–Crippen LogP) is 3.75. The van der Waals surface area contributed by atoms with Crippen molar-refractivity contribution in [2.45, 2.75) is 55.9 Å². The summed E-state index contributed by atoms with van der Waals surface area (Å²) < 4.78 is 0.803. The highest BCUT2D eigenvalue weighted by Crippen LogP contribution is 2.50. The Morgan fingerprint density at radius 1 is 1.17 bits per heavy atom. The molecule has 2 nitrogen and oxygen atoms in total. The fourth-order valence-corrected chi connectivity index (χ4v) is 4.20. The van der Waals surface area contributed by atoms with Gasteiger partial charge in [0.2, 0.25) is 0 Å². The molecule has 18 heavy (non-hydrogen) atoms. The van der Waals surface area contributed by atoms with Crippen LogP contribution in [0.15, 0.2) is 0 Å². The van der Waals surface area contributed by atoms with Crippen LogP contribution in [0.4, 0.5) is 0 Å². The van der Waals surface area contributed by atoms with Gasteiger partial charge in [-0.05, 0) is 56.4 Å². The van der Waals surface area contributed by atoms with Gasteiger partial charge >= 0.3 is 0 Å². The van der Waals surface area contributed by atoms with Crippen LogP contribution in [0.25, 0.3) is 0 Å². The number of halogens is 1. The van der Waals surface area contributed by atoms with Crippen LogP contribution < -0.4 is 5.32 Å². The highest BCUT2D eigenvalue weighted by atomic mass is 127. The van der Waals surface area contributed by atoms with Gasteiger partial charge in [0.1, 0.15) is 0 Å². The van der Waals surface area contributed by atoms with Crippen molar-refractivity contribution in [3.8, 4) is 6.07 Å². The van der Waals surface area contributed by atoms with Crippen LogP contribution in [0, 0.1) is 35.0 Å². The summed E-state index contributed by atoms with van der Waals surface area (Å²) >= 11 is 2.34. The molecule has 1 heterocycles. The van der Waals surface area contributed by atoms with Crippen molar-refractivity contribution in [2.75, 3.05) is 6.54 Å². The van der Waals surface area contributed by atoms with Crippen LogP contribution in [0.5, 0.6) is 0 Å². The Hall–Kier alpha value is 0.180. The smallest absolute Gasteiger partial charge is 0.0658 e. The van der Waals surface area contributed by atoms with Gasteiger partial charge in [-0.15, -0.1) is 0 Å². The van der Waals surface area contributed by atoms with E-state index >= 15 is 0 Å². The van der Waals surface area contributed by atoms with Crippen molar-refractivity contribution in [3.05, 3.63) is 0 Å². The molecule has 1 N–H and O–H groups in total. The number of hydrogen-bond acceptors (Lipinski definition) is 2. The first-order valence-electron chi connectivity index (χ1n) is 7.40. The first kappa shape index (κ1) is 14.6. The first-order valence-corrected chi connectivity index (χ1v) is 8.65. The Labute approximate surface area is 125 Å². The summed E-state index contributed by atoms with van der Waals surface area (Å²) in [5.74, 6) is 2.85. The molecular weight excluding hydrogens is 335 g/mol. The number of rotatable bonds is 0. The fourth-order valence-electron chi connectivity index (χ4n) is 4.20. The monoisotopic (exact) mass is 360 g/mol. The van der Waals surface area contributed by atoms with Crippen molar-refractivity contribution < 1.29 is 0 Å². The van der Waals surface area contributed by atoms with Gasteiger partial charge in [-0.25, -0.2) is 0 Å². The molecule has 3 fully saturated rings. The zero-order valence-corrected chi connectivity index (χ0v) is 13.7. The fraction of sp³-hybridized carbons (Fsp3) is 0.933.